The first kappa shape index (κ1) is 21.3. The van der Waals surface area contributed by atoms with Crippen molar-refractivity contribution in [2.75, 3.05) is 24.4 Å². The number of sulfonamides is 1. The number of amides is 3. The first-order valence-electron chi connectivity index (χ1n) is 9.13. The van der Waals surface area contributed by atoms with Gasteiger partial charge >= 0.3 is 12.0 Å². The van der Waals surface area contributed by atoms with Crippen LogP contribution in [0.2, 0.25) is 0 Å². The summed E-state index contributed by atoms with van der Waals surface area (Å²) in [6.07, 6.45) is 0. The average molecular weight is 431 g/mol. The van der Waals surface area contributed by atoms with E-state index in [1.54, 1.807) is 25.1 Å². The minimum absolute atomic E-state index is 0.0146. The lowest BCUT2D eigenvalue weighted by Crippen LogP contribution is -2.37. The van der Waals surface area contributed by atoms with E-state index >= 15 is 0 Å². The third-order valence-corrected chi connectivity index (χ3v) is 5.87. The molecule has 2 aromatic carbocycles. The highest BCUT2D eigenvalue weighted by Crippen LogP contribution is 2.20. The van der Waals surface area contributed by atoms with Gasteiger partial charge in [0, 0.05) is 18.8 Å². The number of imide groups is 1. The molecule has 10 heteroatoms. The molecular formula is C20H21N3O6S. The van der Waals surface area contributed by atoms with Gasteiger partial charge in [-0.2, -0.15) is 0 Å². The minimum Gasteiger partial charge on any atom is -0.452 e. The third kappa shape index (κ3) is 4.77. The van der Waals surface area contributed by atoms with Crippen LogP contribution < -0.4 is 10.0 Å². The van der Waals surface area contributed by atoms with E-state index in [4.69, 9.17) is 4.74 Å². The van der Waals surface area contributed by atoms with Crippen LogP contribution in [-0.4, -0.2) is 50.9 Å². The largest absolute Gasteiger partial charge is 0.452 e. The molecule has 0 atom stereocenters. The Morgan fingerprint density at radius 1 is 1.17 bits per heavy atom. The molecule has 0 saturated carbocycles. The predicted octanol–water partition coefficient (Wildman–Crippen LogP) is 1.81. The number of urea groups is 1. The van der Waals surface area contributed by atoms with Crippen molar-refractivity contribution >= 4 is 33.6 Å². The van der Waals surface area contributed by atoms with E-state index in [0.717, 1.165) is 10.5 Å². The highest BCUT2D eigenvalue weighted by Gasteiger charge is 2.27. The molecule has 1 aliphatic rings. The van der Waals surface area contributed by atoms with Crippen molar-refractivity contribution in [3.8, 4) is 0 Å². The number of nitrogens with zero attached hydrogens (tertiary/aromatic N) is 1. The van der Waals surface area contributed by atoms with Crippen LogP contribution in [0.5, 0.6) is 0 Å². The van der Waals surface area contributed by atoms with Gasteiger partial charge < -0.3 is 10.1 Å². The second kappa shape index (κ2) is 8.54. The maximum atomic E-state index is 12.7. The number of esters is 1. The Balaban J connectivity index is 1.74. The molecule has 0 aliphatic carbocycles. The van der Waals surface area contributed by atoms with Crippen LogP contribution >= 0.6 is 0 Å². The Labute approximate surface area is 174 Å². The molecule has 30 heavy (non-hydrogen) atoms. The maximum Gasteiger partial charge on any atom is 0.338 e. The summed E-state index contributed by atoms with van der Waals surface area (Å²) in [4.78, 5) is 36.8. The lowest BCUT2D eigenvalue weighted by atomic mass is 10.1. The molecule has 158 valence electrons. The maximum absolute atomic E-state index is 12.7. The predicted molar refractivity (Wildman–Crippen MR) is 109 cm³/mol. The Hall–Kier alpha value is -3.40. The molecule has 0 bridgehead atoms. The fraction of sp³-hybridized carbons (Fsp3) is 0.250. The molecule has 2 aromatic rings. The molecule has 1 heterocycles. The summed E-state index contributed by atoms with van der Waals surface area (Å²) in [5, 5.41) is 2.48. The zero-order valence-electron chi connectivity index (χ0n) is 16.5. The van der Waals surface area contributed by atoms with Gasteiger partial charge in [0.1, 0.15) is 0 Å². The summed E-state index contributed by atoms with van der Waals surface area (Å²) >= 11 is 0. The fourth-order valence-electron chi connectivity index (χ4n) is 2.90. The molecular weight excluding hydrogens is 410 g/mol. The van der Waals surface area contributed by atoms with Crippen LogP contribution in [0.25, 0.3) is 0 Å². The van der Waals surface area contributed by atoms with Crippen LogP contribution in [0.1, 0.15) is 21.5 Å². The first-order chi connectivity index (χ1) is 14.2. The average Bonchev–Trinajstić information content (AvgIpc) is 3.11. The SMILES string of the molecule is Cc1cccc(NS(=O)(=O)c2ccc(C)c(C(=O)OCC(=O)N3CCNC3=O)c2)c1. The van der Waals surface area contributed by atoms with Crippen molar-refractivity contribution in [1.29, 1.82) is 0 Å². The highest BCUT2D eigenvalue weighted by atomic mass is 32.2. The molecule has 1 aliphatic heterocycles. The van der Waals surface area contributed by atoms with E-state index in [-0.39, 0.29) is 17.0 Å². The molecule has 0 aromatic heterocycles. The third-order valence-electron chi connectivity index (χ3n) is 4.49. The number of aryl methyl sites for hydroxylation is 2. The first-order valence-corrected chi connectivity index (χ1v) is 10.6. The number of carbonyl (C=O) groups is 3. The van der Waals surface area contributed by atoms with Gasteiger partial charge in [-0.05, 0) is 49.2 Å². The van der Waals surface area contributed by atoms with Crippen molar-refractivity contribution in [1.82, 2.24) is 10.2 Å². The quantitative estimate of drug-likeness (QED) is 0.673. The number of carbonyl (C=O) groups excluding carboxylic acids is 3. The number of nitrogens with one attached hydrogen (secondary N) is 2. The van der Waals surface area contributed by atoms with E-state index in [1.165, 1.54) is 18.2 Å². The van der Waals surface area contributed by atoms with Gasteiger partial charge in [-0.25, -0.2) is 18.0 Å². The summed E-state index contributed by atoms with van der Waals surface area (Å²) in [6.45, 7) is 3.38. The second-order valence-corrected chi connectivity index (χ2v) is 8.49. The Morgan fingerprint density at radius 3 is 2.60 bits per heavy atom. The monoisotopic (exact) mass is 431 g/mol. The number of hydrogen-bond donors (Lipinski definition) is 2. The number of benzene rings is 2. The van der Waals surface area contributed by atoms with Gasteiger partial charge in [0.2, 0.25) is 0 Å². The molecule has 0 radical (unpaired) electrons. The number of anilines is 1. The summed E-state index contributed by atoms with van der Waals surface area (Å²) in [7, 11) is -3.94. The van der Waals surface area contributed by atoms with Crippen molar-refractivity contribution in [3.05, 3.63) is 59.2 Å². The lowest BCUT2D eigenvalue weighted by molar-refractivity contribution is -0.130. The van der Waals surface area contributed by atoms with Gasteiger partial charge in [0.25, 0.3) is 15.9 Å². The zero-order chi connectivity index (χ0) is 21.9. The van der Waals surface area contributed by atoms with E-state index < -0.39 is 34.5 Å². The summed E-state index contributed by atoms with van der Waals surface area (Å²) in [6, 6.07) is 10.4. The van der Waals surface area contributed by atoms with Crippen molar-refractivity contribution in [2.45, 2.75) is 18.7 Å². The van der Waals surface area contributed by atoms with Crippen molar-refractivity contribution in [2.24, 2.45) is 0 Å². The van der Waals surface area contributed by atoms with Crippen LogP contribution in [0.3, 0.4) is 0 Å². The molecule has 0 spiro atoms. The molecule has 2 N–H and O–H groups in total. The Kier molecular flexibility index (Phi) is 6.06. The Bertz CT molecular complexity index is 1110. The van der Waals surface area contributed by atoms with Crippen molar-refractivity contribution in [3.63, 3.8) is 0 Å². The summed E-state index contributed by atoms with van der Waals surface area (Å²) < 4.78 is 32.9. The zero-order valence-corrected chi connectivity index (χ0v) is 17.3. The van der Waals surface area contributed by atoms with Crippen LogP contribution in [0.4, 0.5) is 10.5 Å². The van der Waals surface area contributed by atoms with Gasteiger partial charge in [-0.1, -0.05) is 18.2 Å². The number of ether oxygens (including phenoxy) is 1. The van der Waals surface area contributed by atoms with E-state index in [2.05, 4.69) is 10.0 Å². The van der Waals surface area contributed by atoms with E-state index in [1.807, 2.05) is 13.0 Å². The number of rotatable bonds is 6. The molecule has 3 rings (SSSR count). The van der Waals surface area contributed by atoms with Crippen molar-refractivity contribution < 1.29 is 27.5 Å². The summed E-state index contributed by atoms with van der Waals surface area (Å²) in [5.74, 6) is -1.51. The number of hydrogen-bond acceptors (Lipinski definition) is 6. The van der Waals surface area contributed by atoms with Gasteiger partial charge in [-0.15, -0.1) is 0 Å². The highest BCUT2D eigenvalue weighted by molar-refractivity contribution is 7.92. The van der Waals surface area contributed by atoms with Crippen LogP contribution in [-0.2, 0) is 19.6 Å². The van der Waals surface area contributed by atoms with Crippen LogP contribution in [0, 0.1) is 13.8 Å². The molecule has 3 amide bonds. The Morgan fingerprint density at radius 2 is 1.93 bits per heavy atom. The molecule has 1 saturated heterocycles. The van der Waals surface area contributed by atoms with E-state index in [0.29, 0.717) is 17.8 Å². The van der Waals surface area contributed by atoms with Crippen LogP contribution in [0.15, 0.2) is 47.4 Å². The normalized spacial score (nSPS) is 13.7. The minimum atomic E-state index is -3.94. The molecule has 1 fully saturated rings. The smallest absolute Gasteiger partial charge is 0.338 e. The lowest BCUT2D eigenvalue weighted by Gasteiger charge is -2.14. The fourth-order valence-corrected chi connectivity index (χ4v) is 3.98. The van der Waals surface area contributed by atoms with Gasteiger partial charge in [-0.3, -0.25) is 14.4 Å². The standard InChI is InChI=1S/C20H21N3O6S/c1-13-4-3-5-15(10-13)22-30(27,28)16-7-6-14(2)17(11-16)19(25)29-12-18(24)23-9-8-21-20(23)26/h3-7,10-11,22H,8-9,12H2,1-2H3,(H,21,26). The van der Waals surface area contributed by atoms with E-state index in [9.17, 15) is 22.8 Å². The van der Waals surface area contributed by atoms with Gasteiger partial charge in [0.15, 0.2) is 6.61 Å². The second-order valence-electron chi connectivity index (χ2n) is 6.81. The molecule has 9 nitrogen and oxygen atoms in total. The topological polar surface area (TPSA) is 122 Å². The molecule has 0 unspecified atom stereocenters. The van der Waals surface area contributed by atoms with Gasteiger partial charge in [0.05, 0.1) is 10.5 Å². The summed E-state index contributed by atoms with van der Waals surface area (Å²) in [5.41, 5.74) is 1.79.